The van der Waals surface area contributed by atoms with Gasteiger partial charge in [-0.05, 0) is 44.7 Å². The molecule has 0 aromatic rings. The Morgan fingerprint density at radius 1 is 1.06 bits per heavy atom. The third kappa shape index (κ3) is 4.60. The molecule has 1 aliphatic heterocycles. The lowest BCUT2D eigenvalue weighted by Gasteiger charge is -2.19. The van der Waals surface area contributed by atoms with Crippen LogP contribution < -0.4 is 10.6 Å². The molecule has 1 saturated heterocycles. The van der Waals surface area contributed by atoms with Crippen LogP contribution in [0, 0.1) is 11.8 Å². The van der Waals surface area contributed by atoms with E-state index in [1.807, 2.05) is 0 Å². The minimum Gasteiger partial charge on any atom is -0.356 e. The molecule has 1 heterocycles. The maximum absolute atomic E-state index is 12.1. The first-order valence-electron chi connectivity index (χ1n) is 7.84. The van der Waals surface area contributed by atoms with Gasteiger partial charge in [-0.15, -0.1) is 0 Å². The number of hydrogen-bond donors (Lipinski definition) is 2. The lowest BCUT2D eigenvalue weighted by molar-refractivity contribution is -0.125. The van der Waals surface area contributed by atoms with Crippen molar-refractivity contribution in [2.45, 2.75) is 57.8 Å². The molecule has 104 valence electrons. The number of hydrogen-bond acceptors (Lipinski definition) is 2. The molecule has 2 rings (SSSR count). The lowest BCUT2D eigenvalue weighted by atomic mass is 9.90. The first kappa shape index (κ1) is 13.9. The highest BCUT2D eigenvalue weighted by molar-refractivity contribution is 5.78. The van der Waals surface area contributed by atoms with E-state index in [1.54, 1.807) is 0 Å². The highest BCUT2D eigenvalue weighted by Crippen LogP contribution is 2.22. The Hall–Kier alpha value is -0.570. The zero-order valence-corrected chi connectivity index (χ0v) is 11.5. The molecule has 3 nitrogen and oxygen atoms in total. The van der Waals surface area contributed by atoms with E-state index in [0.717, 1.165) is 44.8 Å². The molecule has 0 aromatic carbocycles. The molecule has 1 saturated carbocycles. The van der Waals surface area contributed by atoms with Gasteiger partial charge in [0.25, 0.3) is 0 Å². The van der Waals surface area contributed by atoms with E-state index < -0.39 is 0 Å². The van der Waals surface area contributed by atoms with Gasteiger partial charge in [-0.25, -0.2) is 0 Å². The van der Waals surface area contributed by atoms with Gasteiger partial charge in [-0.1, -0.05) is 32.1 Å². The minimum atomic E-state index is 0.298. The van der Waals surface area contributed by atoms with Crippen molar-refractivity contribution < 1.29 is 4.79 Å². The number of amides is 1. The van der Waals surface area contributed by atoms with Crippen molar-refractivity contribution >= 4 is 5.91 Å². The van der Waals surface area contributed by atoms with E-state index in [0.29, 0.717) is 11.8 Å². The van der Waals surface area contributed by atoms with Gasteiger partial charge < -0.3 is 10.6 Å². The predicted molar refractivity (Wildman–Crippen MR) is 74.4 cm³/mol. The number of carbonyl (C=O) groups is 1. The molecule has 1 atom stereocenters. The van der Waals surface area contributed by atoms with Crippen LogP contribution in [-0.4, -0.2) is 25.5 Å². The molecule has 1 amide bonds. The van der Waals surface area contributed by atoms with Crippen LogP contribution >= 0.6 is 0 Å². The van der Waals surface area contributed by atoms with E-state index in [1.165, 1.54) is 38.5 Å². The van der Waals surface area contributed by atoms with Crippen molar-refractivity contribution in [2.75, 3.05) is 19.6 Å². The van der Waals surface area contributed by atoms with Crippen LogP contribution in [0.15, 0.2) is 0 Å². The van der Waals surface area contributed by atoms with Gasteiger partial charge in [0.1, 0.15) is 0 Å². The van der Waals surface area contributed by atoms with Crippen molar-refractivity contribution in [1.29, 1.82) is 0 Å². The van der Waals surface area contributed by atoms with Crippen LogP contribution in [0.25, 0.3) is 0 Å². The highest BCUT2D eigenvalue weighted by Gasteiger charge is 2.20. The normalized spacial score (nSPS) is 26.6. The van der Waals surface area contributed by atoms with Crippen LogP contribution in [0.5, 0.6) is 0 Å². The third-order valence-electron chi connectivity index (χ3n) is 4.49. The van der Waals surface area contributed by atoms with Crippen molar-refractivity contribution in [3.63, 3.8) is 0 Å². The van der Waals surface area contributed by atoms with Gasteiger partial charge >= 0.3 is 0 Å². The SMILES string of the molecule is O=C(NCCC1CCNC1)C1CCCCCCC1. The first-order valence-corrected chi connectivity index (χ1v) is 7.84. The van der Waals surface area contributed by atoms with E-state index in [-0.39, 0.29) is 0 Å². The van der Waals surface area contributed by atoms with Crippen LogP contribution in [0.4, 0.5) is 0 Å². The molecular formula is C15H28N2O. The largest absolute Gasteiger partial charge is 0.356 e. The summed E-state index contributed by atoms with van der Waals surface area (Å²) in [5.41, 5.74) is 0. The summed E-state index contributed by atoms with van der Waals surface area (Å²) in [6.45, 7) is 3.17. The van der Waals surface area contributed by atoms with Crippen molar-refractivity contribution in [3.05, 3.63) is 0 Å². The average molecular weight is 252 g/mol. The summed E-state index contributed by atoms with van der Waals surface area (Å²) in [4.78, 5) is 12.1. The molecule has 2 N–H and O–H groups in total. The van der Waals surface area contributed by atoms with Crippen LogP contribution in [0.3, 0.4) is 0 Å². The Labute approximate surface area is 111 Å². The molecular weight excluding hydrogens is 224 g/mol. The van der Waals surface area contributed by atoms with Gasteiger partial charge in [-0.3, -0.25) is 4.79 Å². The van der Waals surface area contributed by atoms with Crippen LogP contribution in [-0.2, 0) is 4.79 Å². The summed E-state index contributed by atoms with van der Waals surface area (Å²) in [6, 6.07) is 0. The van der Waals surface area contributed by atoms with E-state index in [4.69, 9.17) is 0 Å². The zero-order chi connectivity index (χ0) is 12.6. The molecule has 18 heavy (non-hydrogen) atoms. The highest BCUT2D eigenvalue weighted by atomic mass is 16.1. The summed E-state index contributed by atoms with van der Waals surface area (Å²) in [5.74, 6) is 1.40. The second kappa shape index (κ2) is 7.78. The fourth-order valence-electron chi connectivity index (χ4n) is 3.22. The van der Waals surface area contributed by atoms with Gasteiger partial charge in [-0.2, -0.15) is 0 Å². The molecule has 0 spiro atoms. The van der Waals surface area contributed by atoms with Crippen LogP contribution in [0.2, 0.25) is 0 Å². The fraction of sp³-hybridized carbons (Fsp3) is 0.933. The van der Waals surface area contributed by atoms with Crippen molar-refractivity contribution in [3.8, 4) is 0 Å². The smallest absolute Gasteiger partial charge is 0.223 e. The molecule has 2 fully saturated rings. The Bertz CT molecular complexity index is 241. The Morgan fingerprint density at radius 3 is 2.44 bits per heavy atom. The second-order valence-electron chi connectivity index (χ2n) is 5.98. The minimum absolute atomic E-state index is 0.298. The first-order chi connectivity index (χ1) is 8.86. The number of rotatable bonds is 4. The van der Waals surface area contributed by atoms with E-state index in [9.17, 15) is 4.79 Å². The summed E-state index contributed by atoms with van der Waals surface area (Å²) >= 11 is 0. The third-order valence-corrected chi connectivity index (χ3v) is 4.49. The summed E-state index contributed by atoms with van der Waals surface area (Å²) in [6.07, 6.45) is 11.1. The lowest BCUT2D eigenvalue weighted by Crippen LogP contribution is -2.32. The quantitative estimate of drug-likeness (QED) is 0.807. The van der Waals surface area contributed by atoms with Crippen LogP contribution in [0.1, 0.15) is 57.8 Å². The predicted octanol–water partition coefficient (Wildman–Crippen LogP) is 2.46. The van der Waals surface area contributed by atoms with Crippen molar-refractivity contribution in [2.24, 2.45) is 11.8 Å². The van der Waals surface area contributed by atoms with Gasteiger partial charge in [0.15, 0.2) is 0 Å². The molecule has 0 aromatic heterocycles. The second-order valence-corrected chi connectivity index (χ2v) is 5.98. The maximum atomic E-state index is 12.1. The summed E-state index contributed by atoms with van der Waals surface area (Å²) in [5, 5.41) is 6.54. The maximum Gasteiger partial charge on any atom is 0.223 e. The van der Waals surface area contributed by atoms with Gasteiger partial charge in [0.2, 0.25) is 5.91 Å². The number of carbonyl (C=O) groups excluding carboxylic acids is 1. The summed E-state index contributed by atoms with van der Waals surface area (Å²) < 4.78 is 0. The molecule has 3 heteroatoms. The topological polar surface area (TPSA) is 41.1 Å². The van der Waals surface area contributed by atoms with Gasteiger partial charge in [0.05, 0.1) is 0 Å². The Morgan fingerprint density at radius 2 is 1.78 bits per heavy atom. The molecule has 1 unspecified atom stereocenters. The van der Waals surface area contributed by atoms with Crippen molar-refractivity contribution in [1.82, 2.24) is 10.6 Å². The molecule has 1 aliphatic carbocycles. The summed E-state index contributed by atoms with van der Waals surface area (Å²) in [7, 11) is 0. The Kier molecular flexibility index (Phi) is 5.98. The zero-order valence-electron chi connectivity index (χ0n) is 11.5. The standard InChI is InChI=1S/C15H28N2O/c18-15(14-6-4-2-1-3-5-7-14)17-11-9-13-8-10-16-12-13/h13-14,16H,1-12H2,(H,17,18). The Balaban J connectivity index is 1.62. The van der Waals surface area contributed by atoms with E-state index >= 15 is 0 Å². The van der Waals surface area contributed by atoms with Gasteiger partial charge in [0, 0.05) is 12.5 Å². The molecule has 2 aliphatic rings. The monoisotopic (exact) mass is 252 g/mol. The average Bonchev–Trinajstić information content (AvgIpc) is 2.81. The van der Waals surface area contributed by atoms with E-state index in [2.05, 4.69) is 10.6 Å². The molecule has 0 bridgehead atoms. The fourth-order valence-corrected chi connectivity index (χ4v) is 3.22. The molecule has 0 radical (unpaired) electrons. The number of nitrogens with one attached hydrogen (secondary N) is 2.